The topological polar surface area (TPSA) is 64.9 Å². The van der Waals surface area contributed by atoms with Crippen LogP contribution in [-0.4, -0.2) is 16.2 Å². The summed E-state index contributed by atoms with van der Waals surface area (Å²) < 4.78 is 5.21. The Labute approximate surface area is 107 Å². The molecule has 18 heavy (non-hydrogen) atoms. The molecule has 0 saturated heterocycles. The van der Waals surface area contributed by atoms with Crippen LogP contribution in [0.2, 0.25) is 0 Å². The smallest absolute Gasteiger partial charge is 0.227 e. The molecule has 0 saturated carbocycles. The largest absolute Gasteiger partial charge is 0.339 e. The third-order valence-electron chi connectivity index (χ3n) is 2.90. The second-order valence-electron chi connectivity index (χ2n) is 4.58. The molecule has 2 N–H and O–H groups in total. The average molecular weight is 245 g/mol. The summed E-state index contributed by atoms with van der Waals surface area (Å²) in [6.45, 7) is 4.11. The van der Waals surface area contributed by atoms with E-state index in [1.165, 1.54) is 5.56 Å². The summed E-state index contributed by atoms with van der Waals surface area (Å²) in [7, 11) is 0. The number of hydrogen-bond acceptors (Lipinski definition) is 4. The maximum atomic E-state index is 5.70. The van der Waals surface area contributed by atoms with E-state index in [0.29, 0.717) is 11.7 Å². The van der Waals surface area contributed by atoms with Crippen LogP contribution < -0.4 is 5.73 Å². The van der Waals surface area contributed by atoms with Crippen molar-refractivity contribution >= 4 is 0 Å². The quantitative estimate of drug-likeness (QED) is 0.879. The van der Waals surface area contributed by atoms with E-state index < -0.39 is 0 Å². The Kier molecular flexibility index (Phi) is 4.10. The Morgan fingerprint density at radius 3 is 2.61 bits per heavy atom. The number of aryl methyl sites for hydroxylation is 2. The number of rotatable bonds is 5. The first kappa shape index (κ1) is 12.8. The first-order valence-electron chi connectivity index (χ1n) is 6.36. The van der Waals surface area contributed by atoms with E-state index in [1.54, 1.807) is 0 Å². The van der Waals surface area contributed by atoms with Crippen LogP contribution in [0.5, 0.6) is 0 Å². The van der Waals surface area contributed by atoms with Gasteiger partial charge in [0.25, 0.3) is 0 Å². The minimum Gasteiger partial charge on any atom is -0.339 e. The highest BCUT2D eigenvalue weighted by Gasteiger charge is 2.09. The van der Waals surface area contributed by atoms with Crippen molar-refractivity contribution in [1.29, 1.82) is 0 Å². The SMILES string of the molecule is CCc1ccc(-c2noc(CCC(C)N)n2)cc1. The highest BCUT2D eigenvalue weighted by molar-refractivity contribution is 5.54. The lowest BCUT2D eigenvalue weighted by Gasteiger charge is -1.99. The second-order valence-corrected chi connectivity index (χ2v) is 4.58. The molecule has 0 radical (unpaired) electrons. The van der Waals surface area contributed by atoms with E-state index in [0.717, 1.165) is 24.8 Å². The molecule has 4 nitrogen and oxygen atoms in total. The molecule has 1 unspecified atom stereocenters. The molecule has 0 amide bonds. The summed E-state index contributed by atoms with van der Waals surface area (Å²) in [6, 6.07) is 8.39. The Morgan fingerprint density at radius 1 is 1.28 bits per heavy atom. The summed E-state index contributed by atoms with van der Waals surface area (Å²) in [5.41, 5.74) is 7.99. The Balaban J connectivity index is 2.08. The van der Waals surface area contributed by atoms with Crippen molar-refractivity contribution in [2.24, 2.45) is 5.73 Å². The van der Waals surface area contributed by atoms with Gasteiger partial charge in [0, 0.05) is 18.0 Å². The third-order valence-corrected chi connectivity index (χ3v) is 2.90. The van der Waals surface area contributed by atoms with E-state index in [4.69, 9.17) is 10.3 Å². The van der Waals surface area contributed by atoms with Gasteiger partial charge in [0.15, 0.2) is 0 Å². The van der Waals surface area contributed by atoms with Crippen molar-refractivity contribution in [3.63, 3.8) is 0 Å². The Morgan fingerprint density at radius 2 is 2.00 bits per heavy atom. The normalized spacial score (nSPS) is 12.6. The molecule has 2 rings (SSSR count). The van der Waals surface area contributed by atoms with Crippen LogP contribution >= 0.6 is 0 Å². The van der Waals surface area contributed by atoms with Crippen LogP contribution in [0, 0.1) is 0 Å². The third kappa shape index (κ3) is 3.17. The second kappa shape index (κ2) is 5.78. The van der Waals surface area contributed by atoms with Crippen LogP contribution in [0.15, 0.2) is 28.8 Å². The fourth-order valence-corrected chi connectivity index (χ4v) is 1.71. The van der Waals surface area contributed by atoms with Gasteiger partial charge in [-0.3, -0.25) is 0 Å². The van der Waals surface area contributed by atoms with Gasteiger partial charge in [-0.25, -0.2) is 0 Å². The van der Waals surface area contributed by atoms with E-state index in [-0.39, 0.29) is 6.04 Å². The molecule has 1 atom stereocenters. The number of aromatic nitrogens is 2. The van der Waals surface area contributed by atoms with Crippen LogP contribution in [-0.2, 0) is 12.8 Å². The zero-order chi connectivity index (χ0) is 13.0. The van der Waals surface area contributed by atoms with Crippen LogP contribution in [0.3, 0.4) is 0 Å². The van der Waals surface area contributed by atoms with Gasteiger partial charge < -0.3 is 10.3 Å². The van der Waals surface area contributed by atoms with Gasteiger partial charge in [-0.1, -0.05) is 36.3 Å². The van der Waals surface area contributed by atoms with E-state index in [9.17, 15) is 0 Å². The zero-order valence-corrected chi connectivity index (χ0v) is 10.9. The van der Waals surface area contributed by atoms with Gasteiger partial charge in [-0.2, -0.15) is 4.98 Å². The van der Waals surface area contributed by atoms with Gasteiger partial charge in [0.2, 0.25) is 11.7 Å². The molecule has 2 aromatic rings. The molecule has 4 heteroatoms. The lowest BCUT2D eigenvalue weighted by molar-refractivity contribution is 0.372. The number of nitrogens with two attached hydrogens (primary N) is 1. The predicted octanol–water partition coefficient (Wildman–Crippen LogP) is 2.58. The minimum atomic E-state index is 0.157. The summed E-state index contributed by atoms with van der Waals surface area (Å²) in [5, 5.41) is 3.99. The lowest BCUT2D eigenvalue weighted by Crippen LogP contribution is -2.15. The van der Waals surface area contributed by atoms with Gasteiger partial charge in [-0.15, -0.1) is 0 Å². The predicted molar refractivity (Wildman–Crippen MR) is 71.1 cm³/mol. The molecule has 1 heterocycles. The number of nitrogens with zero attached hydrogens (tertiary/aromatic N) is 2. The summed E-state index contributed by atoms with van der Waals surface area (Å²) in [5.74, 6) is 1.30. The van der Waals surface area contributed by atoms with E-state index in [1.807, 2.05) is 19.1 Å². The molecule has 1 aromatic heterocycles. The fourth-order valence-electron chi connectivity index (χ4n) is 1.71. The van der Waals surface area contributed by atoms with Gasteiger partial charge in [0.05, 0.1) is 0 Å². The van der Waals surface area contributed by atoms with E-state index >= 15 is 0 Å². The number of hydrogen-bond donors (Lipinski definition) is 1. The first-order chi connectivity index (χ1) is 8.69. The fraction of sp³-hybridized carbons (Fsp3) is 0.429. The molecule has 0 aliphatic carbocycles. The molecule has 1 aromatic carbocycles. The van der Waals surface area contributed by atoms with Gasteiger partial charge in [0.1, 0.15) is 0 Å². The molecule has 0 spiro atoms. The standard InChI is InChI=1S/C14H19N3O/c1-3-11-5-7-12(8-6-11)14-16-13(18-17-14)9-4-10(2)15/h5-8,10H,3-4,9,15H2,1-2H3. The average Bonchev–Trinajstić information content (AvgIpc) is 2.85. The van der Waals surface area contributed by atoms with Crippen LogP contribution in [0.4, 0.5) is 0 Å². The van der Waals surface area contributed by atoms with Gasteiger partial charge >= 0.3 is 0 Å². The maximum Gasteiger partial charge on any atom is 0.227 e. The van der Waals surface area contributed by atoms with Gasteiger partial charge in [-0.05, 0) is 25.3 Å². The Bertz CT molecular complexity index is 488. The molecule has 96 valence electrons. The molecular formula is C14H19N3O. The van der Waals surface area contributed by atoms with Crippen molar-refractivity contribution < 1.29 is 4.52 Å². The molecule has 0 aliphatic rings. The van der Waals surface area contributed by atoms with Crippen molar-refractivity contribution in [3.05, 3.63) is 35.7 Å². The van der Waals surface area contributed by atoms with Crippen LogP contribution in [0.25, 0.3) is 11.4 Å². The minimum absolute atomic E-state index is 0.157. The first-order valence-corrected chi connectivity index (χ1v) is 6.36. The zero-order valence-electron chi connectivity index (χ0n) is 10.9. The summed E-state index contributed by atoms with van der Waals surface area (Å²) in [6.07, 6.45) is 2.63. The van der Waals surface area contributed by atoms with Crippen molar-refractivity contribution in [3.8, 4) is 11.4 Å². The lowest BCUT2D eigenvalue weighted by atomic mass is 10.1. The van der Waals surface area contributed by atoms with Crippen molar-refractivity contribution in [2.75, 3.05) is 0 Å². The highest BCUT2D eigenvalue weighted by atomic mass is 16.5. The van der Waals surface area contributed by atoms with E-state index in [2.05, 4.69) is 29.2 Å². The monoisotopic (exact) mass is 245 g/mol. The highest BCUT2D eigenvalue weighted by Crippen LogP contribution is 2.17. The number of benzene rings is 1. The molecule has 0 aliphatic heterocycles. The summed E-state index contributed by atoms with van der Waals surface area (Å²) in [4.78, 5) is 4.37. The summed E-state index contributed by atoms with van der Waals surface area (Å²) >= 11 is 0. The van der Waals surface area contributed by atoms with Crippen LogP contribution in [0.1, 0.15) is 31.7 Å². The molecule has 0 fully saturated rings. The maximum absolute atomic E-state index is 5.70. The Hall–Kier alpha value is -1.68. The molecular weight excluding hydrogens is 226 g/mol. The van der Waals surface area contributed by atoms with Crippen molar-refractivity contribution in [2.45, 2.75) is 39.2 Å². The van der Waals surface area contributed by atoms with Crippen molar-refractivity contribution in [1.82, 2.24) is 10.1 Å². The molecule has 0 bridgehead atoms.